The van der Waals surface area contributed by atoms with Crippen molar-refractivity contribution in [2.24, 2.45) is 5.92 Å². The van der Waals surface area contributed by atoms with E-state index >= 15 is 0 Å². The van der Waals surface area contributed by atoms with Gasteiger partial charge in [0.1, 0.15) is 0 Å². The zero-order valence-electron chi connectivity index (χ0n) is 17.7. The summed E-state index contributed by atoms with van der Waals surface area (Å²) in [4.78, 5) is 33.1. The minimum Gasteiger partial charge on any atom is -0.353 e. The van der Waals surface area contributed by atoms with Crippen LogP contribution in [0, 0.1) is 5.92 Å². The maximum Gasteiger partial charge on any atom is 0.264 e. The fraction of sp³-hybridized carbons (Fsp3) is 0.522. The van der Waals surface area contributed by atoms with Gasteiger partial charge in [-0.15, -0.1) is 12.4 Å². The van der Waals surface area contributed by atoms with E-state index in [1.165, 1.54) is 19.3 Å². The molecule has 1 aromatic heterocycles. The predicted octanol–water partition coefficient (Wildman–Crippen LogP) is 2.50. The van der Waals surface area contributed by atoms with Crippen LogP contribution in [0.25, 0.3) is 5.69 Å². The number of hydrogen-bond acceptors (Lipinski definition) is 5. The highest BCUT2D eigenvalue weighted by atomic mass is 35.5. The Morgan fingerprint density at radius 2 is 1.84 bits per heavy atom. The molecule has 1 saturated heterocycles. The number of amides is 1. The summed E-state index contributed by atoms with van der Waals surface area (Å²) in [5, 5.41) is 6.73. The molecule has 0 bridgehead atoms. The third kappa shape index (κ3) is 4.34. The van der Waals surface area contributed by atoms with Crippen LogP contribution >= 0.6 is 12.4 Å². The second-order valence-corrected chi connectivity index (χ2v) is 8.68. The van der Waals surface area contributed by atoms with Crippen molar-refractivity contribution >= 4 is 24.3 Å². The lowest BCUT2D eigenvalue weighted by atomic mass is 9.95. The molecular formula is C23H30ClN5O2. The monoisotopic (exact) mass is 443 g/mol. The first-order valence-electron chi connectivity index (χ1n) is 11.2. The van der Waals surface area contributed by atoms with Crippen molar-refractivity contribution in [3.8, 4) is 5.69 Å². The van der Waals surface area contributed by atoms with E-state index in [9.17, 15) is 9.59 Å². The molecule has 2 N–H and O–H groups in total. The Kier molecular flexibility index (Phi) is 6.62. The first-order chi connectivity index (χ1) is 14.7. The average Bonchev–Trinajstić information content (AvgIpc) is 2.74. The minimum atomic E-state index is -0.0613. The van der Waals surface area contributed by atoms with Gasteiger partial charge in [-0.05, 0) is 25.0 Å². The number of halogens is 1. The van der Waals surface area contributed by atoms with E-state index in [2.05, 4.69) is 10.6 Å². The van der Waals surface area contributed by atoms with Crippen molar-refractivity contribution in [3.63, 3.8) is 0 Å². The summed E-state index contributed by atoms with van der Waals surface area (Å²) >= 11 is 0. The SMILES string of the molecule is Cl.O=C(C1CNC1)N1CCc2nc(NC3CCCCC3)n(-c3ccccc3)c(=O)c2C1. The Morgan fingerprint density at radius 3 is 2.52 bits per heavy atom. The molecule has 1 saturated carbocycles. The first kappa shape index (κ1) is 21.8. The molecule has 166 valence electrons. The van der Waals surface area contributed by atoms with Crippen molar-refractivity contribution in [2.45, 2.75) is 51.1 Å². The number of nitrogens with zero attached hydrogens (tertiary/aromatic N) is 3. The summed E-state index contributed by atoms with van der Waals surface area (Å²) in [6, 6.07) is 10.0. The molecule has 3 heterocycles. The molecule has 0 spiro atoms. The second-order valence-electron chi connectivity index (χ2n) is 8.68. The lowest BCUT2D eigenvalue weighted by molar-refractivity contribution is -0.138. The average molecular weight is 444 g/mol. The number of rotatable bonds is 4. The molecule has 1 aromatic carbocycles. The number of para-hydroxylation sites is 1. The van der Waals surface area contributed by atoms with E-state index < -0.39 is 0 Å². The van der Waals surface area contributed by atoms with E-state index in [4.69, 9.17) is 4.98 Å². The molecule has 2 aliphatic heterocycles. The maximum absolute atomic E-state index is 13.6. The van der Waals surface area contributed by atoms with Crippen LogP contribution < -0.4 is 16.2 Å². The smallest absolute Gasteiger partial charge is 0.264 e. The zero-order valence-corrected chi connectivity index (χ0v) is 18.5. The third-order valence-corrected chi connectivity index (χ3v) is 6.62. The third-order valence-electron chi connectivity index (χ3n) is 6.62. The molecule has 2 fully saturated rings. The highest BCUT2D eigenvalue weighted by Gasteiger charge is 2.33. The normalized spacial score (nSPS) is 19.2. The van der Waals surface area contributed by atoms with E-state index in [1.54, 1.807) is 4.57 Å². The van der Waals surface area contributed by atoms with Gasteiger partial charge in [0, 0.05) is 32.1 Å². The highest BCUT2D eigenvalue weighted by Crippen LogP contribution is 2.24. The second kappa shape index (κ2) is 9.40. The first-order valence-corrected chi connectivity index (χ1v) is 11.2. The number of carbonyl (C=O) groups excluding carboxylic acids is 1. The highest BCUT2D eigenvalue weighted by molar-refractivity contribution is 5.85. The molecule has 1 amide bonds. The van der Waals surface area contributed by atoms with Crippen LogP contribution in [0.2, 0.25) is 0 Å². The van der Waals surface area contributed by atoms with Gasteiger partial charge in [0.25, 0.3) is 5.56 Å². The fourth-order valence-electron chi connectivity index (χ4n) is 4.73. The Morgan fingerprint density at radius 1 is 1.10 bits per heavy atom. The van der Waals surface area contributed by atoms with E-state index in [0.29, 0.717) is 37.1 Å². The van der Waals surface area contributed by atoms with Crippen LogP contribution in [0.3, 0.4) is 0 Å². The summed E-state index contributed by atoms with van der Waals surface area (Å²) in [5.41, 5.74) is 2.23. The number of fused-ring (bicyclic) bond motifs is 1. The Labute approximate surface area is 188 Å². The number of anilines is 1. The standard InChI is InChI=1S/C23H29N5O2.ClH/c29-21(16-13-24-14-16)27-12-11-20-19(15-27)22(30)28(18-9-5-2-6-10-18)23(26-20)25-17-7-3-1-4-8-17;/h2,5-6,9-10,16-17,24H,1,3-4,7-8,11-15H2,(H,25,26);1H. The van der Waals surface area contributed by atoms with Gasteiger partial charge in [-0.3, -0.25) is 9.59 Å². The van der Waals surface area contributed by atoms with Crippen LogP contribution in [0.4, 0.5) is 5.95 Å². The van der Waals surface area contributed by atoms with Crippen molar-refractivity contribution in [3.05, 3.63) is 51.9 Å². The lowest BCUT2D eigenvalue weighted by Crippen LogP contribution is -2.53. The molecule has 7 nitrogen and oxygen atoms in total. The summed E-state index contributed by atoms with van der Waals surface area (Å²) in [7, 11) is 0. The minimum absolute atomic E-state index is 0. The number of hydrogen-bond donors (Lipinski definition) is 2. The molecule has 1 aliphatic carbocycles. The van der Waals surface area contributed by atoms with Crippen LogP contribution in [0.1, 0.15) is 43.4 Å². The van der Waals surface area contributed by atoms with E-state index in [-0.39, 0.29) is 29.8 Å². The van der Waals surface area contributed by atoms with Gasteiger partial charge in [-0.2, -0.15) is 0 Å². The van der Waals surface area contributed by atoms with Crippen LogP contribution in [-0.4, -0.2) is 46.0 Å². The van der Waals surface area contributed by atoms with Gasteiger partial charge in [-0.1, -0.05) is 37.5 Å². The van der Waals surface area contributed by atoms with Crippen molar-refractivity contribution in [1.82, 2.24) is 19.8 Å². The van der Waals surface area contributed by atoms with Gasteiger partial charge < -0.3 is 15.5 Å². The Bertz CT molecular complexity index is 983. The van der Waals surface area contributed by atoms with Crippen molar-refractivity contribution in [1.29, 1.82) is 0 Å². The largest absolute Gasteiger partial charge is 0.353 e. The number of carbonyl (C=O) groups is 1. The molecule has 2 aromatic rings. The number of nitrogens with one attached hydrogen (secondary N) is 2. The van der Waals surface area contributed by atoms with Gasteiger partial charge in [0.05, 0.1) is 29.4 Å². The van der Waals surface area contributed by atoms with E-state index in [0.717, 1.165) is 37.3 Å². The molecule has 3 aliphatic rings. The Hall–Kier alpha value is -2.38. The van der Waals surface area contributed by atoms with Crippen LogP contribution in [0.15, 0.2) is 35.1 Å². The topological polar surface area (TPSA) is 79.3 Å². The fourth-order valence-corrected chi connectivity index (χ4v) is 4.73. The summed E-state index contributed by atoms with van der Waals surface area (Å²) in [6.07, 6.45) is 6.56. The van der Waals surface area contributed by atoms with Crippen molar-refractivity contribution < 1.29 is 4.79 Å². The zero-order chi connectivity index (χ0) is 20.5. The van der Waals surface area contributed by atoms with Crippen LogP contribution in [0.5, 0.6) is 0 Å². The lowest BCUT2D eigenvalue weighted by Gasteiger charge is -2.35. The van der Waals surface area contributed by atoms with Gasteiger partial charge >= 0.3 is 0 Å². The maximum atomic E-state index is 13.6. The van der Waals surface area contributed by atoms with Gasteiger partial charge in [-0.25, -0.2) is 9.55 Å². The molecule has 0 atom stereocenters. The predicted molar refractivity (Wildman–Crippen MR) is 123 cm³/mol. The molecule has 0 radical (unpaired) electrons. The Balaban J connectivity index is 0.00000231. The molecule has 31 heavy (non-hydrogen) atoms. The molecule has 8 heteroatoms. The summed E-state index contributed by atoms with van der Waals surface area (Å²) < 4.78 is 1.70. The summed E-state index contributed by atoms with van der Waals surface area (Å²) in [5.74, 6) is 0.831. The van der Waals surface area contributed by atoms with Gasteiger partial charge in [0.15, 0.2) is 0 Å². The van der Waals surface area contributed by atoms with Crippen LogP contribution in [-0.2, 0) is 17.8 Å². The van der Waals surface area contributed by atoms with Gasteiger partial charge in [0.2, 0.25) is 11.9 Å². The summed E-state index contributed by atoms with van der Waals surface area (Å²) in [6.45, 7) is 2.46. The molecular weight excluding hydrogens is 414 g/mol. The quantitative estimate of drug-likeness (QED) is 0.759. The molecule has 5 rings (SSSR count). The van der Waals surface area contributed by atoms with E-state index in [1.807, 2.05) is 35.2 Å². The number of benzene rings is 1. The van der Waals surface area contributed by atoms with Crippen molar-refractivity contribution in [2.75, 3.05) is 25.0 Å². The molecule has 0 unspecified atom stereocenters. The number of aromatic nitrogens is 2.